The van der Waals surface area contributed by atoms with Crippen LogP contribution in [0, 0.1) is 22.7 Å². The number of rotatable bonds is 3. The second kappa shape index (κ2) is 7.24. The number of carbonyl (C=O) groups excluding carboxylic acids is 1. The maximum absolute atomic E-state index is 11.6. The summed E-state index contributed by atoms with van der Waals surface area (Å²) in [4.78, 5) is 11.6. The lowest BCUT2D eigenvalue weighted by molar-refractivity contribution is 0.0636. The molecule has 1 rings (SSSR count). The molecule has 1 saturated carbocycles. The van der Waals surface area contributed by atoms with Crippen LogP contribution >= 0.6 is 0 Å². The molecule has 102 valence electrons. The van der Waals surface area contributed by atoms with E-state index in [0.717, 1.165) is 25.7 Å². The number of nitrogens with one attached hydrogen (secondary N) is 2. The van der Waals surface area contributed by atoms with Gasteiger partial charge in [0.05, 0.1) is 6.10 Å². The van der Waals surface area contributed by atoms with E-state index in [-0.39, 0.29) is 23.5 Å². The van der Waals surface area contributed by atoms with Gasteiger partial charge >= 0.3 is 6.03 Å². The van der Waals surface area contributed by atoms with Gasteiger partial charge in [0.25, 0.3) is 0 Å². The zero-order chi connectivity index (χ0) is 14.3. The molecule has 0 aromatic carbocycles. The number of amides is 2. The minimum absolute atomic E-state index is 0.0506. The minimum Gasteiger partial charge on any atom is -0.388 e. The van der Waals surface area contributed by atoms with Gasteiger partial charge in [-0.25, -0.2) is 4.79 Å². The fourth-order valence-electron chi connectivity index (χ4n) is 1.99. The number of nitriles is 2. The molecule has 1 aliphatic rings. The van der Waals surface area contributed by atoms with Gasteiger partial charge in [-0.3, -0.25) is 5.32 Å². The number of ether oxygens (including phenoxy) is 1. The summed E-state index contributed by atoms with van der Waals surface area (Å²) < 4.78 is 5.24. The molecule has 0 atom stereocenters. The third kappa shape index (κ3) is 4.49. The highest BCUT2D eigenvalue weighted by Gasteiger charge is 2.22. The molecule has 0 aromatic rings. The van der Waals surface area contributed by atoms with Crippen LogP contribution in [0.1, 0.15) is 25.7 Å². The van der Waals surface area contributed by atoms with E-state index in [4.69, 9.17) is 21.0 Å². The molecule has 7 heteroatoms. The molecule has 0 spiro atoms. The lowest BCUT2D eigenvalue weighted by atomic mass is 9.93. The van der Waals surface area contributed by atoms with E-state index in [1.54, 1.807) is 19.2 Å². The number of hydrogen-bond acceptors (Lipinski definition) is 5. The molecule has 1 fully saturated rings. The Balaban J connectivity index is 2.45. The summed E-state index contributed by atoms with van der Waals surface area (Å²) >= 11 is 0. The number of nitrogens with zero attached hydrogens (tertiary/aromatic N) is 2. The predicted molar refractivity (Wildman–Crippen MR) is 67.2 cm³/mol. The SMILES string of the molecule is CO[C@H]1CC[C@H](NC(=O)N/C(C#N)=C(\N)C#N)CC1. The summed E-state index contributed by atoms with van der Waals surface area (Å²) in [5, 5.41) is 22.3. The topological polar surface area (TPSA) is 124 Å². The van der Waals surface area contributed by atoms with Crippen LogP contribution in [0.5, 0.6) is 0 Å². The van der Waals surface area contributed by atoms with Crippen LogP contribution in [0.25, 0.3) is 0 Å². The van der Waals surface area contributed by atoms with Crippen LogP contribution < -0.4 is 16.4 Å². The van der Waals surface area contributed by atoms with Gasteiger partial charge in [-0.05, 0) is 25.7 Å². The summed E-state index contributed by atoms with van der Waals surface area (Å²) in [6.07, 6.45) is 3.69. The van der Waals surface area contributed by atoms with Gasteiger partial charge in [0.1, 0.15) is 17.8 Å². The van der Waals surface area contributed by atoms with E-state index in [1.807, 2.05) is 0 Å². The molecule has 4 N–H and O–H groups in total. The molecule has 19 heavy (non-hydrogen) atoms. The van der Waals surface area contributed by atoms with E-state index in [9.17, 15) is 4.79 Å². The third-order valence-corrected chi connectivity index (χ3v) is 3.08. The highest BCUT2D eigenvalue weighted by Crippen LogP contribution is 2.20. The van der Waals surface area contributed by atoms with Crippen molar-refractivity contribution in [1.29, 1.82) is 10.5 Å². The van der Waals surface area contributed by atoms with Gasteiger partial charge in [-0.1, -0.05) is 0 Å². The molecule has 7 nitrogen and oxygen atoms in total. The number of carbonyl (C=O) groups is 1. The fourth-order valence-corrected chi connectivity index (χ4v) is 1.99. The van der Waals surface area contributed by atoms with E-state index >= 15 is 0 Å². The quantitative estimate of drug-likeness (QED) is 0.638. The smallest absolute Gasteiger partial charge is 0.320 e. The first-order valence-corrected chi connectivity index (χ1v) is 6.01. The molecule has 0 aliphatic heterocycles. The maximum Gasteiger partial charge on any atom is 0.320 e. The Labute approximate surface area is 112 Å². The average molecular weight is 263 g/mol. The van der Waals surface area contributed by atoms with Crippen LogP contribution in [-0.2, 0) is 4.74 Å². The van der Waals surface area contributed by atoms with Crippen molar-refractivity contribution in [3.8, 4) is 12.1 Å². The summed E-state index contributed by atoms with van der Waals surface area (Å²) in [5.74, 6) is 0. The molecule has 1 aliphatic carbocycles. The van der Waals surface area contributed by atoms with E-state index < -0.39 is 6.03 Å². The van der Waals surface area contributed by atoms with Gasteiger partial charge < -0.3 is 15.8 Å². The molecule has 0 unspecified atom stereocenters. The molecule has 0 radical (unpaired) electrons. The largest absolute Gasteiger partial charge is 0.388 e. The van der Waals surface area contributed by atoms with Gasteiger partial charge in [-0.15, -0.1) is 0 Å². The van der Waals surface area contributed by atoms with Crippen molar-refractivity contribution in [2.24, 2.45) is 5.73 Å². The van der Waals surface area contributed by atoms with E-state index in [2.05, 4.69) is 10.6 Å². The zero-order valence-corrected chi connectivity index (χ0v) is 10.8. The molecule has 0 heterocycles. The minimum atomic E-state index is -0.518. The van der Waals surface area contributed by atoms with Crippen molar-refractivity contribution in [3.05, 3.63) is 11.4 Å². The highest BCUT2D eigenvalue weighted by molar-refractivity contribution is 5.77. The van der Waals surface area contributed by atoms with Crippen molar-refractivity contribution >= 4 is 6.03 Å². The summed E-state index contributed by atoms with van der Waals surface area (Å²) in [6, 6.07) is 2.82. The average Bonchev–Trinajstić information content (AvgIpc) is 2.44. The second-order valence-corrected chi connectivity index (χ2v) is 4.32. The third-order valence-electron chi connectivity index (χ3n) is 3.08. The standard InChI is InChI=1S/C12H17N5O2/c1-19-9-4-2-8(3-5-9)16-12(18)17-11(7-14)10(15)6-13/h8-9H,2-5,15H2,1H3,(H2,16,17,18)/b11-10-/t8-,9-. The number of urea groups is 1. The lowest BCUT2D eigenvalue weighted by Gasteiger charge is -2.28. The molecule has 2 amide bonds. The van der Waals surface area contributed by atoms with E-state index in [0.29, 0.717) is 0 Å². The summed E-state index contributed by atoms with van der Waals surface area (Å²) in [5.41, 5.74) is 4.75. The van der Waals surface area contributed by atoms with Crippen LogP contribution in [0.15, 0.2) is 11.4 Å². The van der Waals surface area contributed by atoms with Crippen LogP contribution in [-0.4, -0.2) is 25.3 Å². The number of allylic oxidation sites excluding steroid dienone is 2. The van der Waals surface area contributed by atoms with E-state index in [1.165, 1.54) is 0 Å². The monoisotopic (exact) mass is 263 g/mol. The van der Waals surface area contributed by atoms with Gasteiger partial charge in [0.2, 0.25) is 0 Å². The van der Waals surface area contributed by atoms with Crippen molar-refractivity contribution < 1.29 is 9.53 Å². The van der Waals surface area contributed by atoms with Crippen LogP contribution in [0.4, 0.5) is 4.79 Å². The number of hydrogen-bond donors (Lipinski definition) is 3. The summed E-state index contributed by atoms with van der Waals surface area (Å²) in [6.45, 7) is 0. The molecule has 0 saturated heterocycles. The summed E-state index contributed by atoms with van der Waals surface area (Å²) in [7, 11) is 1.68. The Morgan fingerprint density at radius 1 is 1.26 bits per heavy atom. The second-order valence-electron chi connectivity index (χ2n) is 4.32. The first kappa shape index (κ1) is 14.8. The molecular weight excluding hydrogens is 246 g/mol. The Bertz CT molecular complexity index is 438. The molecule has 0 bridgehead atoms. The highest BCUT2D eigenvalue weighted by atomic mass is 16.5. The first-order valence-electron chi connectivity index (χ1n) is 6.01. The Kier molecular flexibility index (Phi) is 5.65. The fraction of sp³-hybridized carbons (Fsp3) is 0.583. The van der Waals surface area contributed by atoms with Crippen LogP contribution in [0.3, 0.4) is 0 Å². The molecular formula is C12H17N5O2. The lowest BCUT2D eigenvalue weighted by Crippen LogP contribution is -2.44. The normalized spacial score (nSPS) is 23.5. The van der Waals surface area contributed by atoms with Crippen molar-refractivity contribution in [2.45, 2.75) is 37.8 Å². The first-order chi connectivity index (χ1) is 9.10. The van der Waals surface area contributed by atoms with Crippen LogP contribution in [0.2, 0.25) is 0 Å². The van der Waals surface area contributed by atoms with Crippen molar-refractivity contribution in [1.82, 2.24) is 10.6 Å². The maximum atomic E-state index is 11.6. The van der Waals surface area contributed by atoms with Crippen molar-refractivity contribution in [2.75, 3.05) is 7.11 Å². The van der Waals surface area contributed by atoms with Gasteiger partial charge in [0, 0.05) is 13.2 Å². The van der Waals surface area contributed by atoms with Crippen molar-refractivity contribution in [3.63, 3.8) is 0 Å². The van der Waals surface area contributed by atoms with Gasteiger partial charge in [-0.2, -0.15) is 10.5 Å². The number of methoxy groups -OCH3 is 1. The number of nitrogens with two attached hydrogens (primary N) is 1. The Morgan fingerprint density at radius 3 is 2.37 bits per heavy atom. The zero-order valence-electron chi connectivity index (χ0n) is 10.8. The molecule has 0 aromatic heterocycles. The predicted octanol–water partition coefficient (Wildman–Crippen LogP) is 0.461. The Hall–Kier alpha value is -2.25. The Morgan fingerprint density at radius 2 is 1.89 bits per heavy atom. The van der Waals surface area contributed by atoms with Gasteiger partial charge in [0.15, 0.2) is 5.70 Å².